The molecule has 0 spiro atoms. The van der Waals surface area contributed by atoms with Crippen LogP contribution in [0.4, 0.5) is 10.5 Å². The zero-order valence-corrected chi connectivity index (χ0v) is 13.5. The molecule has 0 radical (unpaired) electrons. The Morgan fingerprint density at radius 2 is 2.27 bits per heavy atom. The van der Waals surface area contributed by atoms with Crippen molar-refractivity contribution in [2.75, 3.05) is 25.6 Å². The second-order valence-corrected chi connectivity index (χ2v) is 5.70. The van der Waals surface area contributed by atoms with E-state index in [9.17, 15) is 4.79 Å². The van der Waals surface area contributed by atoms with Gasteiger partial charge in [0.2, 0.25) is 0 Å². The molecule has 0 aliphatic carbocycles. The fourth-order valence-corrected chi connectivity index (χ4v) is 2.64. The number of benzene rings is 1. The minimum atomic E-state index is -0.178. The van der Waals surface area contributed by atoms with Crippen molar-refractivity contribution in [1.82, 2.24) is 5.32 Å². The Balaban J connectivity index is 1.63. The number of hydrogen-bond donors (Lipinski definition) is 2. The lowest BCUT2D eigenvalue weighted by Gasteiger charge is -2.11. The Morgan fingerprint density at radius 1 is 1.41 bits per heavy atom. The zero-order chi connectivity index (χ0) is 15.8. The van der Waals surface area contributed by atoms with Gasteiger partial charge in [-0.2, -0.15) is 0 Å². The number of methoxy groups -OCH3 is 1. The topological polar surface area (TPSA) is 59.6 Å². The summed E-state index contributed by atoms with van der Waals surface area (Å²) in [6, 6.07) is 5.44. The van der Waals surface area contributed by atoms with Crippen molar-refractivity contribution in [2.24, 2.45) is 0 Å². The molecule has 22 heavy (non-hydrogen) atoms. The van der Waals surface area contributed by atoms with Crippen LogP contribution in [0, 0.1) is 6.92 Å². The summed E-state index contributed by atoms with van der Waals surface area (Å²) in [5.41, 5.74) is 1.78. The van der Waals surface area contributed by atoms with Gasteiger partial charge in [0.1, 0.15) is 5.75 Å². The van der Waals surface area contributed by atoms with Crippen LogP contribution in [0.1, 0.15) is 37.7 Å². The van der Waals surface area contributed by atoms with E-state index in [1.165, 1.54) is 12.8 Å². The van der Waals surface area contributed by atoms with E-state index in [-0.39, 0.29) is 6.03 Å². The van der Waals surface area contributed by atoms with Gasteiger partial charge >= 0.3 is 6.03 Å². The van der Waals surface area contributed by atoms with Gasteiger partial charge < -0.3 is 20.1 Å². The molecule has 2 rings (SSSR count). The summed E-state index contributed by atoms with van der Waals surface area (Å²) in [5.74, 6) is 0.773. The third kappa shape index (κ3) is 5.22. The van der Waals surface area contributed by atoms with Crippen molar-refractivity contribution in [1.29, 1.82) is 0 Å². The number of amides is 2. The quantitative estimate of drug-likeness (QED) is 0.758. The first-order valence-electron chi connectivity index (χ1n) is 8.00. The highest BCUT2D eigenvalue weighted by Crippen LogP contribution is 2.22. The molecule has 122 valence electrons. The first kappa shape index (κ1) is 16.6. The molecule has 2 amide bonds. The number of urea groups is 1. The molecule has 1 fully saturated rings. The van der Waals surface area contributed by atoms with Gasteiger partial charge in [0.25, 0.3) is 0 Å². The molecule has 1 aromatic rings. The minimum Gasteiger partial charge on any atom is -0.496 e. The van der Waals surface area contributed by atoms with Crippen molar-refractivity contribution < 1.29 is 14.3 Å². The number of aryl methyl sites for hydroxylation is 1. The van der Waals surface area contributed by atoms with Gasteiger partial charge in [-0.05, 0) is 50.7 Å². The van der Waals surface area contributed by atoms with E-state index in [1.54, 1.807) is 7.11 Å². The van der Waals surface area contributed by atoms with E-state index in [2.05, 4.69) is 10.6 Å². The van der Waals surface area contributed by atoms with Crippen molar-refractivity contribution in [2.45, 2.75) is 45.1 Å². The van der Waals surface area contributed by atoms with E-state index in [4.69, 9.17) is 9.47 Å². The average molecular weight is 306 g/mol. The molecule has 1 heterocycles. The number of ether oxygens (including phenoxy) is 2. The van der Waals surface area contributed by atoms with Gasteiger partial charge in [0.05, 0.1) is 13.2 Å². The van der Waals surface area contributed by atoms with Gasteiger partial charge in [0, 0.05) is 24.9 Å². The number of hydrogen-bond acceptors (Lipinski definition) is 3. The molecule has 5 heteroatoms. The number of nitrogens with one attached hydrogen (secondary N) is 2. The number of carbonyl (C=O) groups excluding carboxylic acids is 1. The van der Waals surface area contributed by atoms with Crippen LogP contribution in [-0.2, 0) is 4.74 Å². The number of unbranched alkanes of at least 4 members (excludes halogenated alkanes) is 1. The Kier molecular flexibility index (Phi) is 6.52. The molecule has 1 aliphatic rings. The maximum Gasteiger partial charge on any atom is 0.319 e. The highest BCUT2D eigenvalue weighted by molar-refractivity contribution is 5.89. The zero-order valence-electron chi connectivity index (χ0n) is 13.5. The fraction of sp³-hybridized carbons (Fsp3) is 0.588. The number of carbonyl (C=O) groups is 1. The Bertz CT molecular complexity index is 485. The van der Waals surface area contributed by atoms with Crippen molar-refractivity contribution in [3.63, 3.8) is 0 Å². The predicted molar refractivity (Wildman–Crippen MR) is 87.6 cm³/mol. The molecule has 0 saturated carbocycles. The summed E-state index contributed by atoms with van der Waals surface area (Å²) in [6.07, 6.45) is 5.97. The van der Waals surface area contributed by atoms with Gasteiger partial charge in [0.15, 0.2) is 0 Å². The van der Waals surface area contributed by atoms with E-state index in [1.807, 2.05) is 25.1 Å². The van der Waals surface area contributed by atoms with Crippen LogP contribution in [0.5, 0.6) is 5.75 Å². The third-order valence-electron chi connectivity index (χ3n) is 3.93. The monoisotopic (exact) mass is 306 g/mol. The van der Waals surface area contributed by atoms with Crippen molar-refractivity contribution >= 4 is 11.7 Å². The molecule has 5 nitrogen and oxygen atoms in total. The second kappa shape index (κ2) is 8.63. The minimum absolute atomic E-state index is 0.178. The average Bonchev–Trinajstić information content (AvgIpc) is 3.02. The Morgan fingerprint density at radius 3 is 3.00 bits per heavy atom. The Hall–Kier alpha value is -1.75. The highest BCUT2D eigenvalue weighted by atomic mass is 16.5. The van der Waals surface area contributed by atoms with Gasteiger partial charge in [-0.25, -0.2) is 4.79 Å². The van der Waals surface area contributed by atoms with Crippen LogP contribution < -0.4 is 15.4 Å². The molecular weight excluding hydrogens is 280 g/mol. The van der Waals surface area contributed by atoms with Gasteiger partial charge in [-0.3, -0.25) is 0 Å². The summed E-state index contributed by atoms with van der Waals surface area (Å²) < 4.78 is 10.8. The van der Waals surface area contributed by atoms with Crippen LogP contribution in [0.3, 0.4) is 0 Å². The van der Waals surface area contributed by atoms with Gasteiger partial charge in [-0.1, -0.05) is 6.07 Å². The standard InChI is InChI=1S/C17H26N2O3/c1-13-8-9-14(12-16(13)21-2)19-17(20)18-10-4-3-6-15-7-5-11-22-15/h8-9,12,15H,3-7,10-11H2,1-2H3,(H2,18,19,20). The summed E-state index contributed by atoms with van der Waals surface area (Å²) in [5, 5.41) is 5.70. The van der Waals surface area contributed by atoms with Crippen LogP contribution in [0.2, 0.25) is 0 Å². The van der Waals surface area contributed by atoms with Crippen LogP contribution in [-0.4, -0.2) is 32.4 Å². The maximum absolute atomic E-state index is 11.8. The van der Waals surface area contributed by atoms with E-state index in [0.717, 1.165) is 42.9 Å². The van der Waals surface area contributed by atoms with E-state index >= 15 is 0 Å². The third-order valence-corrected chi connectivity index (χ3v) is 3.93. The van der Waals surface area contributed by atoms with Crippen LogP contribution in [0.15, 0.2) is 18.2 Å². The van der Waals surface area contributed by atoms with Crippen LogP contribution in [0.25, 0.3) is 0 Å². The molecule has 1 unspecified atom stereocenters. The van der Waals surface area contributed by atoms with Gasteiger partial charge in [-0.15, -0.1) is 0 Å². The molecule has 1 atom stereocenters. The lowest BCUT2D eigenvalue weighted by molar-refractivity contribution is 0.102. The van der Waals surface area contributed by atoms with E-state index in [0.29, 0.717) is 12.6 Å². The molecule has 1 aliphatic heterocycles. The number of anilines is 1. The first-order valence-corrected chi connectivity index (χ1v) is 8.00. The SMILES string of the molecule is COc1cc(NC(=O)NCCCCC2CCCO2)ccc1C. The summed E-state index contributed by atoms with van der Waals surface area (Å²) in [4.78, 5) is 11.8. The first-order chi connectivity index (χ1) is 10.7. The molecule has 1 saturated heterocycles. The second-order valence-electron chi connectivity index (χ2n) is 5.70. The summed E-state index contributed by atoms with van der Waals surface area (Å²) in [7, 11) is 1.63. The fourth-order valence-electron chi connectivity index (χ4n) is 2.64. The normalized spacial score (nSPS) is 17.3. The predicted octanol–water partition coefficient (Wildman–Crippen LogP) is 3.47. The lowest BCUT2D eigenvalue weighted by atomic mass is 10.1. The number of rotatable bonds is 7. The molecule has 0 bridgehead atoms. The molecule has 2 N–H and O–H groups in total. The largest absolute Gasteiger partial charge is 0.496 e. The molecule has 1 aromatic carbocycles. The van der Waals surface area contributed by atoms with Crippen LogP contribution >= 0.6 is 0 Å². The molecular formula is C17H26N2O3. The highest BCUT2D eigenvalue weighted by Gasteiger charge is 2.14. The van der Waals surface area contributed by atoms with Crippen molar-refractivity contribution in [3.05, 3.63) is 23.8 Å². The molecule has 0 aromatic heterocycles. The van der Waals surface area contributed by atoms with E-state index < -0.39 is 0 Å². The Labute approximate surface area is 132 Å². The summed E-state index contributed by atoms with van der Waals surface area (Å²) >= 11 is 0. The summed E-state index contributed by atoms with van der Waals surface area (Å²) in [6.45, 7) is 3.56. The maximum atomic E-state index is 11.8. The van der Waals surface area contributed by atoms with Crippen molar-refractivity contribution in [3.8, 4) is 5.75 Å². The smallest absolute Gasteiger partial charge is 0.319 e. The lowest BCUT2D eigenvalue weighted by Crippen LogP contribution is -2.29.